The van der Waals surface area contributed by atoms with E-state index >= 15 is 0 Å². The normalized spacial score (nSPS) is 11.3. The van der Waals surface area contributed by atoms with Crippen LogP contribution in [0.5, 0.6) is 0 Å². The first-order valence-corrected chi connectivity index (χ1v) is 7.68. The second kappa shape index (κ2) is 14.0. The van der Waals surface area contributed by atoms with E-state index in [0.29, 0.717) is 6.61 Å². The summed E-state index contributed by atoms with van der Waals surface area (Å²) < 4.78 is 0. The van der Waals surface area contributed by atoms with E-state index in [1.54, 1.807) is 0 Å². The molecule has 0 aromatic carbocycles. The van der Waals surface area contributed by atoms with Gasteiger partial charge in [0.1, 0.15) is 0 Å². The lowest BCUT2D eigenvalue weighted by atomic mass is 10.1. The molecule has 1 N–H and O–H groups in total. The Morgan fingerprint density at radius 2 is 1.06 bits per heavy atom. The van der Waals surface area contributed by atoms with Gasteiger partial charge in [0.2, 0.25) is 0 Å². The quantitative estimate of drug-likeness (QED) is 0.497. The zero-order valence-electron chi connectivity index (χ0n) is 12.1. The minimum Gasteiger partial charge on any atom is -0.396 e. The average molecular weight is 243 g/mol. The van der Waals surface area contributed by atoms with Crippen molar-refractivity contribution in [1.29, 1.82) is 0 Å². The van der Waals surface area contributed by atoms with Gasteiger partial charge in [-0.15, -0.1) is 0 Å². The van der Waals surface area contributed by atoms with Crippen LogP contribution < -0.4 is 0 Å². The highest BCUT2D eigenvalue weighted by molar-refractivity contribution is 4.53. The number of hydrogen-bond acceptors (Lipinski definition) is 2. The Bertz CT molecular complexity index is 135. The maximum Gasteiger partial charge on any atom is 0.0431 e. The molecule has 0 radical (unpaired) electrons. The van der Waals surface area contributed by atoms with Gasteiger partial charge in [0.15, 0.2) is 0 Å². The molecular weight excluding hydrogens is 210 g/mol. The monoisotopic (exact) mass is 243 g/mol. The van der Waals surface area contributed by atoms with Crippen LogP contribution in [0, 0.1) is 0 Å². The predicted octanol–water partition coefficient (Wildman–Crippen LogP) is 3.83. The second-order valence-corrected chi connectivity index (χ2v) is 4.93. The Hall–Kier alpha value is -0.0800. The molecule has 2 heteroatoms. The molecule has 104 valence electrons. The van der Waals surface area contributed by atoms with Crippen molar-refractivity contribution in [2.45, 2.75) is 71.6 Å². The Morgan fingerprint density at radius 1 is 0.647 bits per heavy atom. The third-order valence-corrected chi connectivity index (χ3v) is 3.53. The van der Waals surface area contributed by atoms with E-state index in [0.717, 1.165) is 6.42 Å². The smallest absolute Gasteiger partial charge is 0.0431 e. The van der Waals surface area contributed by atoms with Gasteiger partial charge in [0.25, 0.3) is 0 Å². The molecule has 2 nitrogen and oxygen atoms in total. The van der Waals surface area contributed by atoms with E-state index in [9.17, 15) is 0 Å². The lowest BCUT2D eigenvalue weighted by molar-refractivity contribution is 0.282. The summed E-state index contributed by atoms with van der Waals surface area (Å²) >= 11 is 0. The lowest BCUT2D eigenvalue weighted by Gasteiger charge is -2.17. The molecule has 0 aliphatic carbocycles. The van der Waals surface area contributed by atoms with E-state index in [-0.39, 0.29) is 0 Å². The van der Waals surface area contributed by atoms with E-state index in [1.807, 2.05) is 0 Å². The van der Waals surface area contributed by atoms with Crippen molar-refractivity contribution in [2.24, 2.45) is 0 Å². The van der Waals surface area contributed by atoms with Crippen molar-refractivity contribution < 1.29 is 5.11 Å². The number of unbranched alkanes of at least 4 members (excludes halogenated alkanes) is 8. The molecule has 0 bridgehead atoms. The van der Waals surface area contributed by atoms with E-state index < -0.39 is 0 Å². The third-order valence-electron chi connectivity index (χ3n) is 3.53. The number of hydrogen-bond donors (Lipinski definition) is 1. The van der Waals surface area contributed by atoms with Crippen molar-refractivity contribution in [1.82, 2.24) is 4.90 Å². The number of rotatable bonds is 13. The van der Waals surface area contributed by atoms with E-state index in [1.165, 1.54) is 71.0 Å². The number of aliphatic hydroxyl groups is 1. The second-order valence-electron chi connectivity index (χ2n) is 4.93. The molecule has 0 aromatic rings. The van der Waals surface area contributed by atoms with Gasteiger partial charge in [-0.2, -0.15) is 0 Å². The molecule has 0 unspecified atom stereocenters. The van der Waals surface area contributed by atoms with Crippen molar-refractivity contribution in [3.05, 3.63) is 0 Å². The fraction of sp³-hybridized carbons (Fsp3) is 1.00. The minimum atomic E-state index is 0.366. The van der Waals surface area contributed by atoms with Crippen LogP contribution in [0.25, 0.3) is 0 Å². The van der Waals surface area contributed by atoms with E-state index in [2.05, 4.69) is 18.7 Å². The Labute approximate surface area is 108 Å². The standard InChI is InChI=1S/C15H33NO/c1-3-16(4-2)14-12-10-8-6-5-7-9-11-13-15-17/h17H,3-15H2,1-2H3. The Kier molecular flexibility index (Phi) is 13.9. The van der Waals surface area contributed by atoms with Crippen LogP contribution in [0.4, 0.5) is 0 Å². The van der Waals surface area contributed by atoms with Gasteiger partial charge in [-0.1, -0.05) is 58.8 Å². The number of nitrogens with zero attached hydrogens (tertiary/aromatic N) is 1. The van der Waals surface area contributed by atoms with Crippen LogP contribution in [0.15, 0.2) is 0 Å². The van der Waals surface area contributed by atoms with Crippen molar-refractivity contribution in [3.63, 3.8) is 0 Å². The summed E-state index contributed by atoms with van der Waals surface area (Å²) in [5.41, 5.74) is 0. The summed E-state index contributed by atoms with van der Waals surface area (Å²) in [6.45, 7) is 8.53. The lowest BCUT2D eigenvalue weighted by Crippen LogP contribution is -2.23. The first-order chi connectivity index (χ1) is 8.35. The van der Waals surface area contributed by atoms with Crippen LogP contribution in [-0.2, 0) is 0 Å². The maximum absolute atomic E-state index is 8.65. The molecule has 17 heavy (non-hydrogen) atoms. The first-order valence-electron chi connectivity index (χ1n) is 7.68. The highest BCUT2D eigenvalue weighted by Crippen LogP contribution is 2.09. The van der Waals surface area contributed by atoms with Crippen molar-refractivity contribution in [2.75, 3.05) is 26.2 Å². The first kappa shape index (κ1) is 16.9. The molecule has 0 saturated heterocycles. The van der Waals surface area contributed by atoms with Crippen molar-refractivity contribution in [3.8, 4) is 0 Å². The SMILES string of the molecule is CCN(CC)CCCCCCCCCCCO. The Morgan fingerprint density at radius 3 is 1.47 bits per heavy atom. The summed E-state index contributed by atoms with van der Waals surface area (Å²) in [7, 11) is 0. The number of aliphatic hydroxyl groups excluding tert-OH is 1. The van der Waals surface area contributed by atoms with Crippen LogP contribution in [0.2, 0.25) is 0 Å². The summed E-state index contributed by atoms with van der Waals surface area (Å²) in [5, 5.41) is 8.65. The van der Waals surface area contributed by atoms with Crippen LogP contribution >= 0.6 is 0 Å². The highest BCUT2D eigenvalue weighted by Gasteiger charge is 1.98. The molecule has 0 saturated carbocycles. The van der Waals surface area contributed by atoms with Crippen LogP contribution in [-0.4, -0.2) is 36.2 Å². The van der Waals surface area contributed by atoms with Crippen LogP contribution in [0.3, 0.4) is 0 Å². The molecule has 0 fully saturated rings. The van der Waals surface area contributed by atoms with Gasteiger partial charge in [-0.25, -0.2) is 0 Å². The average Bonchev–Trinajstić information content (AvgIpc) is 2.36. The highest BCUT2D eigenvalue weighted by atomic mass is 16.2. The molecular formula is C15H33NO. The predicted molar refractivity (Wildman–Crippen MR) is 76.4 cm³/mol. The molecule has 0 aromatic heterocycles. The van der Waals surface area contributed by atoms with Gasteiger partial charge in [0, 0.05) is 6.61 Å². The molecule has 0 spiro atoms. The van der Waals surface area contributed by atoms with Gasteiger partial charge in [-0.05, 0) is 32.5 Å². The van der Waals surface area contributed by atoms with Crippen LogP contribution in [0.1, 0.15) is 71.6 Å². The topological polar surface area (TPSA) is 23.5 Å². The summed E-state index contributed by atoms with van der Waals surface area (Å²) in [6, 6.07) is 0. The molecule has 0 aliphatic rings. The summed E-state index contributed by atoms with van der Waals surface area (Å²) in [5.74, 6) is 0. The zero-order valence-corrected chi connectivity index (χ0v) is 12.1. The fourth-order valence-electron chi connectivity index (χ4n) is 2.22. The Balaban J connectivity index is 3.03. The molecule has 0 amide bonds. The largest absolute Gasteiger partial charge is 0.396 e. The van der Waals surface area contributed by atoms with Gasteiger partial charge >= 0.3 is 0 Å². The minimum absolute atomic E-state index is 0.366. The third kappa shape index (κ3) is 12.2. The molecule has 0 heterocycles. The maximum atomic E-state index is 8.65. The summed E-state index contributed by atoms with van der Waals surface area (Å²) in [4.78, 5) is 2.51. The fourth-order valence-corrected chi connectivity index (χ4v) is 2.22. The van der Waals surface area contributed by atoms with Gasteiger partial charge in [0.05, 0.1) is 0 Å². The zero-order chi connectivity index (χ0) is 12.8. The summed E-state index contributed by atoms with van der Waals surface area (Å²) in [6.07, 6.45) is 11.8. The molecule has 0 atom stereocenters. The molecule has 0 rings (SSSR count). The van der Waals surface area contributed by atoms with Gasteiger partial charge in [-0.3, -0.25) is 0 Å². The van der Waals surface area contributed by atoms with Gasteiger partial charge < -0.3 is 10.0 Å². The van der Waals surface area contributed by atoms with E-state index in [4.69, 9.17) is 5.11 Å². The molecule has 0 aliphatic heterocycles. The van der Waals surface area contributed by atoms with Crippen molar-refractivity contribution >= 4 is 0 Å².